The predicted octanol–water partition coefficient (Wildman–Crippen LogP) is 3.40. The number of halogens is 1. The lowest BCUT2D eigenvalue weighted by molar-refractivity contribution is 0.627. The first-order chi connectivity index (χ1) is 8.05. The minimum Gasteiger partial charge on any atom is -0.324 e. The van der Waals surface area contributed by atoms with Crippen LogP contribution in [0.3, 0.4) is 0 Å². The smallest absolute Gasteiger partial charge is 0.222 e. The molecule has 0 heterocycles. The summed E-state index contributed by atoms with van der Waals surface area (Å²) < 4.78 is 13.2. The van der Waals surface area contributed by atoms with Crippen LogP contribution in [0.5, 0.6) is 0 Å². The topological polar surface area (TPSA) is 36.8 Å². The zero-order chi connectivity index (χ0) is 12.8. The van der Waals surface area contributed by atoms with E-state index in [1.165, 1.54) is 12.1 Å². The average molecular weight is 235 g/mol. The first kappa shape index (κ1) is 13.4. The summed E-state index contributed by atoms with van der Waals surface area (Å²) in [5, 5.41) is 3.00. The zero-order valence-electron chi connectivity index (χ0n) is 10.7. The van der Waals surface area contributed by atoms with Crippen molar-refractivity contribution in [2.24, 2.45) is 9.98 Å². The van der Waals surface area contributed by atoms with E-state index >= 15 is 0 Å². The maximum atomic E-state index is 13.2. The predicted molar refractivity (Wildman–Crippen MR) is 71.5 cm³/mol. The van der Waals surface area contributed by atoms with Gasteiger partial charge in [0, 0.05) is 18.4 Å². The highest BCUT2D eigenvalue weighted by Crippen LogP contribution is 2.13. The molecular formula is C13H18FN3. The number of anilines is 1. The Balaban J connectivity index is 2.89. The number of benzene rings is 1. The van der Waals surface area contributed by atoms with Gasteiger partial charge < -0.3 is 5.32 Å². The van der Waals surface area contributed by atoms with E-state index in [2.05, 4.69) is 15.3 Å². The van der Waals surface area contributed by atoms with Crippen molar-refractivity contribution in [1.29, 1.82) is 0 Å². The van der Waals surface area contributed by atoms with Gasteiger partial charge in [-0.15, -0.1) is 0 Å². The molecule has 0 aliphatic rings. The van der Waals surface area contributed by atoms with E-state index < -0.39 is 0 Å². The molecule has 0 spiro atoms. The van der Waals surface area contributed by atoms with Crippen molar-refractivity contribution in [2.75, 3.05) is 12.4 Å². The van der Waals surface area contributed by atoms with Crippen LogP contribution in [-0.2, 0) is 0 Å². The summed E-state index contributed by atoms with van der Waals surface area (Å²) in [6, 6.07) is 4.76. The van der Waals surface area contributed by atoms with Crippen molar-refractivity contribution in [3.8, 4) is 0 Å². The Morgan fingerprint density at radius 3 is 2.59 bits per heavy atom. The molecule has 1 aromatic carbocycles. The molecule has 0 radical (unpaired) electrons. The summed E-state index contributed by atoms with van der Waals surface area (Å²) in [5.41, 5.74) is 2.50. The van der Waals surface area contributed by atoms with Crippen molar-refractivity contribution < 1.29 is 4.39 Å². The van der Waals surface area contributed by atoms with Gasteiger partial charge in [0.15, 0.2) is 0 Å². The van der Waals surface area contributed by atoms with Gasteiger partial charge in [0.1, 0.15) is 5.82 Å². The number of hydrogen-bond donors (Lipinski definition) is 1. The van der Waals surface area contributed by atoms with Crippen LogP contribution in [0.15, 0.2) is 28.2 Å². The van der Waals surface area contributed by atoms with Crippen LogP contribution in [0.2, 0.25) is 0 Å². The van der Waals surface area contributed by atoms with Crippen LogP contribution in [-0.4, -0.2) is 18.7 Å². The van der Waals surface area contributed by atoms with Gasteiger partial charge in [-0.05, 0) is 44.0 Å². The van der Waals surface area contributed by atoms with E-state index in [-0.39, 0.29) is 5.82 Å². The van der Waals surface area contributed by atoms with Gasteiger partial charge in [-0.1, -0.05) is 6.92 Å². The number of nitrogens with one attached hydrogen (secondary N) is 1. The summed E-state index contributed by atoms with van der Waals surface area (Å²) in [5.74, 6) is 0.230. The Morgan fingerprint density at radius 2 is 2.06 bits per heavy atom. The molecule has 1 N–H and O–H groups in total. The van der Waals surface area contributed by atoms with Crippen LogP contribution in [0.25, 0.3) is 0 Å². The molecule has 1 rings (SSSR count). The van der Waals surface area contributed by atoms with Gasteiger partial charge in [0.05, 0.1) is 0 Å². The summed E-state index contributed by atoms with van der Waals surface area (Å²) in [4.78, 5) is 8.33. The maximum Gasteiger partial charge on any atom is 0.222 e. The molecular weight excluding hydrogens is 217 g/mol. The second-order valence-electron chi connectivity index (χ2n) is 3.89. The molecule has 17 heavy (non-hydrogen) atoms. The number of guanidine groups is 1. The molecule has 0 saturated heterocycles. The van der Waals surface area contributed by atoms with Crippen molar-refractivity contribution in [3.63, 3.8) is 0 Å². The van der Waals surface area contributed by atoms with Gasteiger partial charge in [-0.2, -0.15) is 0 Å². The minimum atomic E-state index is -0.265. The fourth-order valence-electron chi connectivity index (χ4n) is 1.33. The summed E-state index contributed by atoms with van der Waals surface area (Å²) >= 11 is 0. The van der Waals surface area contributed by atoms with Gasteiger partial charge in [-0.25, -0.2) is 9.38 Å². The molecule has 0 amide bonds. The lowest BCUT2D eigenvalue weighted by Crippen LogP contribution is -2.11. The molecule has 92 valence electrons. The third-order valence-electron chi connectivity index (χ3n) is 2.32. The molecule has 3 nitrogen and oxygen atoms in total. The van der Waals surface area contributed by atoms with Gasteiger partial charge >= 0.3 is 0 Å². The van der Waals surface area contributed by atoms with Crippen molar-refractivity contribution in [1.82, 2.24) is 0 Å². The van der Waals surface area contributed by atoms with Crippen LogP contribution >= 0.6 is 0 Å². The molecule has 0 saturated carbocycles. The molecule has 1 aromatic rings. The number of aryl methyl sites for hydroxylation is 1. The first-order valence-electron chi connectivity index (χ1n) is 5.60. The van der Waals surface area contributed by atoms with Crippen LogP contribution in [0.1, 0.15) is 25.8 Å². The van der Waals surface area contributed by atoms with E-state index in [1.54, 1.807) is 7.05 Å². The highest BCUT2D eigenvalue weighted by atomic mass is 19.1. The lowest BCUT2D eigenvalue weighted by atomic mass is 10.2. The Bertz CT molecular complexity index is 430. The van der Waals surface area contributed by atoms with Gasteiger partial charge in [0.2, 0.25) is 5.96 Å². The monoisotopic (exact) mass is 235 g/mol. The summed E-state index contributed by atoms with van der Waals surface area (Å²) in [6.45, 7) is 5.81. The maximum absolute atomic E-state index is 13.2. The average Bonchev–Trinajstić information content (AvgIpc) is 2.26. The molecule has 0 aliphatic heterocycles. The van der Waals surface area contributed by atoms with Crippen molar-refractivity contribution >= 4 is 17.4 Å². The van der Waals surface area contributed by atoms with Crippen LogP contribution in [0.4, 0.5) is 10.1 Å². The summed E-state index contributed by atoms with van der Waals surface area (Å²) in [6.07, 6.45) is 0.864. The van der Waals surface area contributed by atoms with Crippen molar-refractivity contribution in [3.05, 3.63) is 29.6 Å². The Kier molecular flexibility index (Phi) is 4.82. The number of aliphatic imine (C=N–C) groups is 2. The molecule has 0 unspecified atom stereocenters. The Hall–Kier alpha value is -1.71. The zero-order valence-corrected chi connectivity index (χ0v) is 10.7. The number of rotatable bonds is 2. The lowest BCUT2D eigenvalue weighted by Gasteiger charge is -2.07. The SMILES string of the molecule is CC/C(C)=N\C(=NC)Nc1cc(C)cc(F)c1. The fraction of sp³-hybridized carbons (Fsp3) is 0.385. The molecule has 0 aliphatic carbocycles. The van der Waals surface area contributed by atoms with E-state index in [9.17, 15) is 4.39 Å². The summed E-state index contributed by atoms with van der Waals surface area (Å²) in [7, 11) is 1.65. The Labute approximate surface area is 101 Å². The first-order valence-corrected chi connectivity index (χ1v) is 5.60. The number of hydrogen-bond acceptors (Lipinski definition) is 1. The normalized spacial score (nSPS) is 12.8. The van der Waals surface area contributed by atoms with E-state index in [1.807, 2.05) is 26.8 Å². The van der Waals surface area contributed by atoms with E-state index in [4.69, 9.17) is 0 Å². The third-order valence-corrected chi connectivity index (χ3v) is 2.32. The minimum absolute atomic E-state index is 0.265. The molecule has 0 atom stereocenters. The van der Waals surface area contributed by atoms with Gasteiger partial charge in [0.25, 0.3) is 0 Å². The highest BCUT2D eigenvalue weighted by molar-refractivity contribution is 6.02. The fourth-order valence-corrected chi connectivity index (χ4v) is 1.33. The largest absolute Gasteiger partial charge is 0.324 e. The molecule has 4 heteroatoms. The second kappa shape index (κ2) is 6.13. The Morgan fingerprint density at radius 1 is 1.35 bits per heavy atom. The standard InChI is InChI=1S/C13H18FN3/c1-5-10(3)16-13(15-4)17-12-7-9(2)6-11(14)8-12/h6-8H,5H2,1-4H3,(H,15,17)/b16-10-. The van der Waals surface area contributed by atoms with Crippen LogP contribution < -0.4 is 5.32 Å². The van der Waals surface area contributed by atoms with Crippen molar-refractivity contribution in [2.45, 2.75) is 27.2 Å². The highest BCUT2D eigenvalue weighted by Gasteiger charge is 2.01. The number of nitrogens with zero attached hydrogens (tertiary/aromatic N) is 2. The van der Waals surface area contributed by atoms with E-state index in [0.29, 0.717) is 11.6 Å². The van der Waals surface area contributed by atoms with Crippen LogP contribution in [0, 0.1) is 12.7 Å². The third kappa shape index (κ3) is 4.34. The van der Waals surface area contributed by atoms with E-state index in [0.717, 1.165) is 17.7 Å². The quantitative estimate of drug-likeness (QED) is 0.619. The second-order valence-corrected chi connectivity index (χ2v) is 3.89. The molecule has 0 aromatic heterocycles. The molecule has 0 fully saturated rings. The molecule has 0 bridgehead atoms. The van der Waals surface area contributed by atoms with Gasteiger partial charge in [-0.3, -0.25) is 4.99 Å².